The van der Waals surface area contributed by atoms with Crippen molar-refractivity contribution in [3.8, 4) is 16.9 Å². The molecular weight excluding hydrogens is 250 g/mol. The molecule has 1 nitrogen and oxygen atoms in total. The van der Waals surface area contributed by atoms with E-state index >= 15 is 0 Å². The number of phenolic OH excluding ortho intramolecular Hbond substituents is 1. The predicted molar refractivity (Wildman–Crippen MR) is 63.5 cm³/mol. The van der Waals surface area contributed by atoms with Crippen LogP contribution in [-0.2, 0) is 0 Å². The number of phenols is 1. The van der Waals surface area contributed by atoms with Gasteiger partial charge in [0.2, 0.25) is 0 Å². The van der Waals surface area contributed by atoms with Crippen LogP contribution in [0.3, 0.4) is 0 Å². The molecule has 0 aliphatic heterocycles. The van der Waals surface area contributed by atoms with Crippen molar-refractivity contribution in [1.29, 1.82) is 0 Å². The summed E-state index contributed by atoms with van der Waals surface area (Å²) >= 11 is 11.8. The van der Waals surface area contributed by atoms with Crippen LogP contribution < -0.4 is 0 Å². The molecule has 0 aromatic heterocycles. The normalized spacial score (nSPS) is 10.4. The van der Waals surface area contributed by atoms with E-state index in [9.17, 15) is 9.50 Å². The molecule has 0 aliphatic rings. The van der Waals surface area contributed by atoms with E-state index < -0.39 is 5.82 Å². The first-order valence-corrected chi connectivity index (χ1v) is 5.27. The van der Waals surface area contributed by atoms with Gasteiger partial charge in [-0.25, -0.2) is 4.39 Å². The minimum absolute atomic E-state index is 0.0365. The zero-order valence-corrected chi connectivity index (χ0v) is 9.56. The highest BCUT2D eigenvalue weighted by Gasteiger charge is 2.10. The lowest BCUT2D eigenvalue weighted by molar-refractivity contribution is 0.475. The lowest BCUT2D eigenvalue weighted by atomic mass is 10.0. The van der Waals surface area contributed by atoms with Crippen molar-refractivity contribution in [2.24, 2.45) is 0 Å². The largest absolute Gasteiger partial charge is 0.507 e. The van der Waals surface area contributed by atoms with Crippen LogP contribution in [0.2, 0.25) is 10.0 Å². The Morgan fingerprint density at radius 3 is 2.44 bits per heavy atom. The summed E-state index contributed by atoms with van der Waals surface area (Å²) in [6, 6.07) is 8.48. The molecule has 82 valence electrons. The topological polar surface area (TPSA) is 20.2 Å². The maximum Gasteiger partial charge on any atom is 0.124 e. The van der Waals surface area contributed by atoms with Crippen LogP contribution in [0.1, 0.15) is 0 Å². The van der Waals surface area contributed by atoms with Crippen molar-refractivity contribution in [1.82, 2.24) is 0 Å². The Kier molecular flexibility index (Phi) is 3.03. The van der Waals surface area contributed by atoms with Crippen molar-refractivity contribution in [2.75, 3.05) is 0 Å². The van der Waals surface area contributed by atoms with Crippen molar-refractivity contribution < 1.29 is 9.50 Å². The fourth-order valence-corrected chi connectivity index (χ4v) is 1.82. The van der Waals surface area contributed by atoms with Gasteiger partial charge in [0.1, 0.15) is 11.6 Å². The zero-order chi connectivity index (χ0) is 11.7. The molecule has 0 saturated heterocycles. The van der Waals surface area contributed by atoms with E-state index in [2.05, 4.69) is 0 Å². The molecule has 2 aromatic carbocycles. The highest BCUT2D eigenvalue weighted by Crippen LogP contribution is 2.36. The van der Waals surface area contributed by atoms with Crippen LogP contribution in [-0.4, -0.2) is 5.11 Å². The molecular formula is C12H7Cl2FO. The van der Waals surface area contributed by atoms with E-state index in [0.29, 0.717) is 21.2 Å². The van der Waals surface area contributed by atoms with E-state index in [1.165, 1.54) is 18.2 Å². The van der Waals surface area contributed by atoms with Crippen molar-refractivity contribution in [3.63, 3.8) is 0 Å². The number of hydrogen-bond acceptors (Lipinski definition) is 1. The van der Waals surface area contributed by atoms with Crippen molar-refractivity contribution in [3.05, 3.63) is 52.3 Å². The Labute approximate surface area is 102 Å². The second-order valence-electron chi connectivity index (χ2n) is 3.29. The van der Waals surface area contributed by atoms with Gasteiger partial charge in [0.05, 0.1) is 0 Å². The molecule has 0 unspecified atom stereocenters. The molecule has 1 N–H and O–H groups in total. The summed E-state index contributed by atoms with van der Waals surface area (Å²) in [5.41, 5.74) is 0.832. The Balaban J connectivity index is 2.66. The van der Waals surface area contributed by atoms with Crippen LogP contribution in [0.4, 0.5) is 4.39 Å². The molecule has 0 heterocycles. The van der Waals surface area contributed by atoms with E-state index in [1.54, 1.807) is 18.2 Å². The van der Waals surface area contributed by atoms with Crippen molar-refractivity contribution in [2.45, 2.75) is 0 Å². The molecule has 4 heteroatoms. The quantitative estimate of drug-likeness (QED) is 0.797. The van der Waals surface area contributed by atoms with Gasteiger partial charge in [-0.15, -0.1) is 0 Å². The van der Waals surface area contributed by atoms with Gasteiger partial charge in [-0.3, -0.25) is 0 Å². The summed E-state index contributed by atoms with van der Waals surface area (Å²) in [6.07, 6.45) is 0. The van der Waals surface area contributed by atoms with Crippen LogP contribution in [0.5, 0.6) is 5.75 Å². The lowest BCUT2D eigenvalue weighted by Gasteiger charge is -2.07. The molecule has 0 bridgehead atoms. The summed E-state index contributed by atoms with van der Waals surface area (Å²) in [4.78, 5) is 0. The second-order valence-corrected chi connectivity index (χ2v) is 4.13. The molecule has 2 aromatic rings. The molecule has 0 amide bonds. The standard InChI is InChI=1S/C12H7Cl2FO/c13-7-1-3-11(14)9(5-7)10-6-8(15)2-4-12(10)16/h1-6,16H. The monoisotopic (exact) mass is 256 g/mol. The number of halogens is 3. The highest BCUT2D eigenvalue weighted by molar-refractivity contribution is 6.35. The Hall–Kier alpha value is -1.25. The fourth-order valence-electron chi connectivity index (χ4n) is 1.43. The van der Waals surface area contributed by atoms with Crippen LogP contribution >= 0.6 is 23.2 Å². The van der Waals surface area contributed by atoms with Crippen molar-refractivity contribution >= 4 is 23.2 Å². The maximum absolute atomic E-state index is 13.1. The van der Waals surface area contributed by atoms with Gasteiger partial charge in [0.25, 0.3) is 0 Å². The van der Waals surface area contributed by atoms with Gasteiger partial charge in [-0.2, -0.15) is 0 Å². The van der Waals surface area contributed by atoms with Crippen LogP contribution in [0.25, 0.3) is 11.1 Å². The predicted octanol–water partition coefficient (Wildman–Crippen LogP) is 4.51. The third-order valence-corrected chi connectivity index (χ3v) is 2.74. The summed E-state index contributed by atoms with van der Waals surface area (Å²) in [6.45, 7) is 0. The summed E-state index contributed by atoms with van der Waals surface area (Å²) in [5.74, 6) is -0.477. The lowest BCUT2D eigenvalue weighted by Crippen LogP contribution is -1.83. The Morgan fingerprint density at radius 1 is 0.938 bits per heavy atom. The summed E-state index contributed by atoms with van der Waals surface area (Å²) in [5, 5.41) is 10.5. The van der Waals surface area contributed by atoms with Gasteiger partial charge in [0, 0.05) is 21.2 Å². The first kappa shape index (κ1) is 11.2. The van der Waals surface area contributed by atoms with Gasteiger partial charge in [-0.05, 0) is 36.4 Å². The van der Waals surface area contributed by atoms with Gasteiger partial charge in [-0.1, -0.05) is 23.2 Å². The molecule has 2 rings (SSSR count). The Morgan fingerprint density at radius 2 is 1.69 bits per heavy atom. The van der Waals surface area contributed by atoms with Crippen LogP contribution in [0.15, 0.2) is 36.4 Å². The molecule has 0 fully saturated rings. The maximum atomic E-state index is 13.1. The third-order valence-electron chi connectivity index (χ3n) is 2.18. The molecule has 0 aliphatic carbocycles. The molecule has 0 spiro atoms. The average molecular weight is 257 g/mol. The van der Waals surface area contributed by atoms with Gasteiger partial charge >= 0.3 is 0 Å². The van der Waals surface area contributed by atoms with E-state index in [-0.39, 0.29) is 5.75 Å². The SMILES string of the molecule is Oc1ccc(F)cc1-c1cc(Cl)ccc1Cl. The minimum atomic E-state index is -0.441. The number of rotatable bonds is 1. The van der Waals surface area contributed by atoms with Gasteiger partial charge < -0.3 is 5.11 Å². The smallest absolute Gasteiger partial charge is 0.124 e. The molecule has 16 heavy (non-hydrogen) atoms. The van der Waals surface area contributed by atoms with Gasteiger partial charge in [0.15, 0.2) is 0 Å². The van der Waals surface area contributed by atoms with E-state index in [1.807, 2.05) is 0 Å². The highest BCUT2D eigenvalue weighted by atomic mass is 35.5. The summed E-state index contributed by atoms with van der Waals surface area (Å²) < 4.78 is 13.1. The van der Waals surface area contributed by atoms with Crippen LogP contribution in [0, 0.1) is 5.82 Å². The third kappa shape index (κ3) is 2.13. The second kappa shape index (κ2) is 4.32. The number of aromatic hydroxyl groups is 1. The average Bonchev–Trinajstić information content (AvgIpc) is 2.25. The number of hydrogen-bond donors (Lipinski definition) is 1. The fraction of sp³-hybridized carbons (Fsp3) is 0. The zero-order valence-electron chi connectivity index (χ0n) is 8.05. The molecule has 0 saturated carbocycles. The number of benzene rings is 2. The first-order chi connectivity index (χ1) is 7.58. The minimum Gasteiger partial charge on any atom is -0.507 e. The first-order valence-electron chi connectivity index (χ1n) is 4.52. The summed E-state index contributed by atoms with van der Waals surface area (Å²) in [7, 11) is 0. The Bertz CT molecular complexity index is 491. The molecule has 0 radical (unpaired) electrons. The molecule has 0 atom stereocenters. The van der Waals surface area contributed by atoms with E-state index in [0.717, 1.165) is 0 Å². The van der Waals surface area contributed by atoms with E-state index in [4.69, 9.17) is 23.2 Å².